The predicted molar refractivity (Wildman–Crippen MR) is 67.4 cm³/mol. The Bertz CT molecular complexity index is 453. The first-order chi connectivity index (χ1) is 7.75. The van der Waals surface area contributed by atoms with Crippen LogP contribution in [0.1, 0.15) is 5.69 Å². The quantitative estimate of drug-likeness (QED) is 0.936. The molecule has 0 bridgehead atoms. The van der Waals surface area contributed by atoms with E-state index in [0.29, 0.717) is 0 Å². The van der Waals surface area contributed by atoms with Gasteiger partial charge in [0, 0.05) is 23.4 Å². The van der Waals surface area contributed by atoms with Crippen LogP contribution >= 0.6 is 15.9 Å². The van der Waals surface area contributed by atoms with E-state index in [1.807, 2.05) is 36.0 Å². The van der Waals surface area contributed by atoms with Crippen molar-refractivity contribution in [1.82, 2.24) is 14.8 Å². The standard InChI is InChI=1S/C11H13BrN4/c1-9-10(12)3-4-11(15-9)13-6-8-16-7-2-5-14-16/h2-5,7H,6,8H2,1H3,(H,13,15). The van der Waals surface area contributed by atoms with Crippen LogP contribution in [0.25, 0.3) is 0 Å². The molecule has 5 heteroatoms. The minimum atomic E-state index is 0.815. The minimum Gasteiger partial charge on any atom is -0.368 e. The van der Waals surface area contributed by atoms with Gasteiger partial charge in [0.1, 0.15) is 5.82 Å². The monoisotopic (exact) mass is 280 g/mol. The molecule has 0 radical (unpaired) electrons. The van der Waals surface area contributed by atoms with Crippen molar-refractivity contribution in [2.45, 2.75) is 13.5 Å². The third kappa shape index (κ3) is 2.82. The van der Waals surface area contributed by atoms with Crippen molar-refractivity contribution in [3.8, 4) is 0 Å². The summed E-state index contributed by atoms with van der Waals surface area (Å²) in [5, 5.41) is 7.39. The van der Waals surface area contributed by atoms with Crippen LogP contribution in [-0.4, -0.2) is 21.3 Å². The Morgan fingerprint density at radius 3 is 3.00 bits per heavy atom. The fraction of sp³-hybridized carbons (Fsp3) is 0.273. The normalized spacial score (nSPS) is 10.4. The average Bonchev–Trinajstić information content (AvgIpc) is 2.76. The second-order valence-electron chi connectivity index (χ2n) is 3.46. The van der Waals surface area contributed by atoms with E-state index in [2.05, 4.69) is 31.3 Å². The molecule has 0 amide bonds. The average molecular weight is 281 g/mol. The van der Waals surface area contributed by atoms with Gasteiger partial charge in [-0.1, -0.05) is 0 Å². The molecule has 0 fully saturated rings. The van der Waals surface area contributed by atoms with Crippen molar-refractivity contribution in [2.75, 3.05) is 11.9 Å². The summed E-state index contributed by atoms with van der Waals surface area (Å²) in [5.41, 5.74) is 0.990. The fourth-order valence-electron chi connectivity index (χ4n) is 1.37. The molecule has 0 aliphatic heterocycles. The lowest BCUT2D eigenvalue weighted by Crippen LogP contribution is -2.11. The fourth-order valence-corrected chi connectivity index (χ4v) is 1.59. The molecule has 0 aliphatic carbocycles. The van der Waals surface area contributed by atoms with Gasteiger partial charge in [0.05, 0.1) is 12.2 Å². The molecule has 0 atom stereocenters. The van der Waals surface area contributed by atoms with E-state index in [-0.39, 0.29) is 0 Å². The largest absolute Gasteiger partial charge is 0.368 e. The molecule has 2 heterocycles. The molecule has 84 valence electrons. The third-order valence-corrected chi connectivity index (χ3v) is 3.07. The Morgan fingerprint density at radius 2 is 2.31 bits per heavy atom. The number of halogens is 1. The van der Waals surface area contributed by atoms with Crippen LogP contribution in [0.5, 0.6) is 0 Å². The van der Waals surface area contributed by atoms with Gasteiger partial charge in [-0.2, -0.15) is 5.10 Å². The zero-order valence-corrected chi connectivity index (χ0v) is 10.6. The van der Waals surface area contributed by atoms with E-state index >= 15 is 0 Å². The predicted octanol–water partition coefficient (Wildman–Crippen LogP) is 2.46. The van der Waals surface area contributed by atoms with Gasteiger partial charge in [-0.3, -0.25) is 4.68 Å². The molecule has 4 nitrogen and oxygen atoms in total. The molecule has 0 saturated heterocycles. The summed E-state index contributed by atoms with van der Waals surface area (Å²) >= 11 is 3.42. The van der Waals surface area contributed by atoms with E-state index in [1.54, 1.807) is 6.20 Å². The first-order valence-electron chi connectivity index (χ1n) is 5.10. The van der Waals surface area contributed by atoms with Crippen molar-refractivity contribution in [3.05, 3.63) is 40.8 Å². The summed E-state index contributed by atoms with van der Waals surface area (Å²) in [6, 6.07) is 5.88. The van der Waals surface area contributed by atoms with Gasteiger partial charge in [0.2, 0.25) is 0 Å². The van der Waals surface area contributed by atoms with Gasteiger partial charge in [0.25, 0.3) is 0 Å². The first-order valence-corrected chi connectivity index (χ1v) is 5.89. The van der Waals surface area contributed by atoms with Crippen molar-refractivity contribution < 1.29 is 0 Å². The highest BCUT2D eigenvalue weighted by molar-refractivity contribution is 9.10. The maximum atomic E-state index is 4.40. The van der Waals surface area contributed by atoms with E-state index in [1.165, 1.54) is 0 Å². The van der Waals surface area contributed by atoms with Crippen LogP contribution in [0, 0.1) is 6.92 Å². The number of nitrogens with zero attached hydrogens (tertiary/aromatic N) is 3. The van der Waals surface area contributed by atoms with E-state index in [4.69, 9.17) is 0 Å². The number of pyridine rings is 1. The molecule has 2 aromatic rings. The highest BCUT2D eigenvalue weighted by atomic mass is 79.9. The molecule has 2 rings (SSSR count). The second-order valence-corrected chi connectivity index (χ2v) is 4.31. The van der Waals surface area contributed by atoms with E-state index in [0.717, 1.165) is 29.1 Å². The van der Waals surface area contributed by atoms with Crippen molar-refractivity contribution in [1.29, 1.82) is 0 Å². The van der Waals surface area contributed by atoms with Crippen LogP contribution < -0.4 is 5.32 Å². The van der Waals surface area contributed by atoms with Crippen LogP contribution in [0.4, 0.5) is 5.82 Å². The lowest BCUT2D eigenvalue weighted by Gasteiger charge is -2.07. The second kappa shape index (κ2) is 5.12. The number of aryl methyl sites for hydroxylation is 1. The Hall–Kier alpha value is -1.36. The zero-order chi connectivity index (χ0) is 11.4. The summed E-state index contributed by atoms with van der Waals surface area (Å²) in [7, 11) is 0. The smallest absolute Gasteiger partial charge is 0.126 e. The third-order valence-electron chi connectivity index (χ3n) is 2.23. The molecule has 0 unspecified atom stereocenters. The number of hydrogen-bond donors (Lipinski definition) is 1. The molecule has 2 aromatic heterocycles. The topological polar surface area (TPSA) is 42.7 Å². The Balaban J connectivity index is 1.87. The lowest BCUT2D eigenvalue weighted by molar-refractivity contribution is 0.637. The van der Waals surface area contributed by atoms with Gasteiger partial charge in [-0.15, -0.1) is 0 Å². The Morgan fingerprint density at radius 1 is 1.44 bits per heavy atom. The van der Waals surface area contributed by atoms with Gasteiger partial charge < -0.3 is 5.32 Å². The van der Waals surface area contributed by atoms with Crippen LogP contribution in [-0.2, 0) is 6.54 Å². The highest BCUT2D eigenvalue weighted by Gasteiger charge is 1.98. The lowest BCUT2D eigenvalue weighted by atomic mass is 10.4. The van der Waals surface area contributed by atoms with Gasteiger partial charge >= 0.3 is 0 Å². The van der Waals surface area contributed by atoms with E-state index < -0.39 is 0 Å². The van der Waals surface area contributed by atoms with Gasteiger partial charge in [-0.05, 0) is 41.1 Å². The molecule has 16 heavy (non-hydrogen) atoms. The maximum Gasteiger partial charge on any atom is 0.126 e. The number of aromatic nitrogens is 3. The van der Waals surface area contributed by atoms with Gasteiger partial charge in [0.15, 0.2) is 0 Å². The number of hydrogen-bond acceptors (Lipinski definition) is 3. The first kappa shape index (κ1) is 11.1. The Kier molecular flexibility index (Phi) is 3.56. The van der Waals surface area contributed by atoms with Crippen LogP contribution in [0.15, 0.2) is 35.1 Å². The van der Waals surface area contributed by atoms with E-state index in [9.17, 15) is 0 Å². The Labute approximate surface area is 103 Å². The summed E-state index contributed by atoms with van der Waals surface area (Å²) < 4.78 is 2.92. The summed E-state index contributed by atoms with van der Waals surface area (Å²) in [5.74, 6) is 0.896. The molecule has 1 N–H and O–H groups in total. The number of rotatable bonds is 4. The summed E-state index contributed by atoms with van der Waals surface area (Å²) in [4.78, 5) is 4.40. The number of nitrogens with one attached hydrogen (secondary N) is 1. The molecule has 0 spiro atoms. The number of anilines is 1. The molecular weight excluding hydrogens is 268 g/mol. The van der Waals surface area contributed by atoms with Crippen molar-refractivity contribution in [3.63, 3.8) is 0 Å². The summed E-state index contributed by atoms with van der Waals surface area (Å²) in [6.07, 6.45) is 3.73. The SMILES string of the molecule is Cc1nc(NCCn2cccn2)ccc1Br. The highest BCUT2D eigenvalue weighted by Crippen LogP contribution is 2.15. The molecular formula is C11H13BrN4. The van der Waals surface area contributed by atoms with Crippen molar-refractivity contribution >= 4 is 21.7 Å². The summed E-state index contributed by atoms with van der Waals surface area (Å²) in [6.45, 7) is 3.63. The van der Waals surface area contributed by atoms with Crippen LogP contribution in [0.3, 0.4) is 0 Å². The molecule has 0 aromatic carbocycles. The minimum absolute atomic E-state index is 0.815. The molecule has 0 saturated carbocycles. The van der Waals surface area contributed by atoms with Crippen LogP contribution in [0.2, 0.25) is 0 Å². The van der Waals surface area contributed by atoms with Gasteiger partial charge in [-0.25, -0.2) is 4.98 Å². The zero-order valence-electron chi connectivity index (χ0n) is 9.02. The molecule has 0 aliphatic rings. The maximum absolute atomic E-state index is 4.40. The van der Waals surface area contributed by atoms with Crippen molar-refractivity contribution in [2.24, 2.45) is 0 Å².